The summed E-state index contributed by atoms with van der Waals surface area (Å²) >= 11 is 9.29. The van der Waals surface area contributed by atoms with Gasteiger partial charge >= 0.3 is 0 Å². The summed E-state index contributed by atoms with van der Waals surface area (Å²) in [6.07, 6.45) is 1.53. The fourth-order valence-corrected chi connectivity index (χ4v) is 2.29. The minimum atomic E-state index is -0.366. The quantitative estimate of drug-likeness (QED) is 0.590. The van der Waals surface area contributed by atoms with Crippen molar-refractivity contribution in [1.82, 2.24) is 0 Å². The number of carbonyl (C=O) groups is 1. The van der Waals surface area contributed by atoms with Gasteiger partial charge in [-0.2, -0.15) is 0 Å². The Hall–Kier alpha value is -2.05. The number of oxime groups is 1. The molecule has 2 aromatic carbocycles. The fourth-order valence-electron chi connectivity index (χ4n) is 1.73. The van der Waals surface area contributed by atoms with Gasteiger partial charge in [0.25, 0.3) is 5.91 Å². The van der Waals surface area contributed by atoms with Crippen LogP contribution in [0.1, 0.15) is 5.56 Å². The predicted molar refractivity (Wildman–Crippen MR) is 94.3 cm³/mol. The summed E-state index contributed by atoms with van der Waals surface area (Å²) < 4.78 is 6.04. The van der Waals surface area contributed by atoms with Gasteiger partial charge in [-0.1, -0.05) is 50.9 Å². The van der Waals surface area contributed by atoms with Crippen LogP contribution in [0.2, 0.25) is 5.02 Å². The van der Waals surface area contributed by atoms with Gasteiger partial charge in [0, 0.05) is 15.1 Å². The van der Waals surface area contributed by atoms with E-state index in [9.17, 15) is 4.79 Å². The normalized spacial score (nSPS) is 10.6. The van der Waals surface area contributed by atoms with Gasteiger partial charge in [-0.3, -0.25) is 4.79 Å². The number of nitrogens with one attached hydrogen (secondary N) is 1. The van der Waals surface area contributed by atoms with Crippen molar-refractivity contribution in [2.75, 3.05) is 19.0 Å². The van der Waals surface area contributed by atoms with E-state index in [1.807, 2.05) is 24.3 Å². The van der Waals surface area contributed by atoms with Crippen molar-refractivity contribution >= 4 is 45.3 Å². The molecule has 0 aromatic heterocycles. The molecule has 7 heteroatoms. The lowest BCUT2D eigenvalue weighted by Crippen LogP contribution is -2.17. The number of hydrogen-bond acceptors (Lipinski definition) is 4. The summed E-state index contributed by atoms with van der Waals surface area (Å²) in [7, 11) is 1.51. The largest absolute Gasteiger partial charge is 0.495 e. The summed E-state index contributed by atoms with van der Waals surface area (Å²) in [5.41, 5.74) is 1.33. The number of anilines is 1. The van der Waals surface area contributed by atoms with Gasteiger partial charge in [0.05, 0.1) is 19.0 Å². The Morgan fingerprint density at radius 3 is 2.87 bits per heavy atom. The summed E-state index contributed by atoms with van der Waals surface area (Å²) in [5, 5.41) is 6.92. The molecule has 0 saturated heterocycles. The molecule has 0 fully saturated rings. The lowest BCUT2D eigenvalue weighted by Gasteiger charge is -2.09. The lowest BCUT2D eigenvalue weighted by atomic mass is 10.2. The molecule has 0 bridgehead atoms. The molecule has 1 N–H and O–H groups in total. The van der Waals surface area contributed by atoms with Gasteiger partial charge in [-0.05, 0) is 24.3 Å². The third-order valence-electron chi connectivity index (χ3n) is 2.80. The summed E-state index contributed by atoms with van der Waals surface area (Å²) in [6, 6.07) is 12.5. The Kier molecular flexibility index (Phi) is 6.43. The van der Waals surface area contributed by atoms with Crippen molar-refractivity contribution in [3.8, 4) is 5.75 Å². The van der Waals surface area contributed by atoms with Gasteiger partial charge in [0.2, 0.25) is 0 Å². The van der Waals surface area contributed by atoms with Crippen molar-refractivity contribution < 1.29 is 14.4 Å². The highest BCUT2D eigenvalue weighted by molar-refractivity contribution is 9.10. The molecule has 0 heterocycles. The standard InChI is InChI=1S/C16H14BrClN2O3/c1-22-15-7-6-12(18)8-14(15)20-16(21)10-23-19-9-11-4-2-3-5-13(11)17/h2-9H,10H2,1H3,(H,20,21)/b19-9-. The highest BCUT2D eigenvalue weighted by atomic mass is 79.9. The summed E-state index contributed by atoms with van der Waals surface area (Å²) in [5.74, 6) is 0.148. The molecule has 2 aromatic rings. The number of amides is 1. The molecule has 23 heavy (non-hydrogen) atoms. The van der Waals surface area contributed by atoms with Crippen LogP contribution in [0.25, 0.3) is 0 Å². The monoisotopic (exact) mass is 396 g/mol. The second-order valence-electron chi connectivity index (χ2n) is 4.42. The number of nitrogens with zero attached hydrogens (tertiary/aromatic N) is 1. The molecule has 0 atom stereocenters. The second-order valence-corrected chi connectivity index (χ2v) is 5.71. The Morgan fingerprint density at radius 1 is 1.35 bits per heavy atom. The number of benzene rings is 2. The first-order valence-corrected chi connectivity index (χ1v) is 7.80. The highest BCUT2D eigenvalue weighted by Gasteiger charge is 2.08. The number of methoxy groups -OCH3 is 1. The number of ether oxygens (including phenoxy) is 1. The van der Waals surface area contributed by atoms with Gasteiger partial charge in [-0.15, -0.1) is 0 Å². The van der Waals surface area contributed by atoms with Crippen LogP contribution in [-0.4, -0.2) is 25.8 Å². The molecule has 0 saturated carbocycles. The lowest BCUT2D eigenvalue weighted by molar-refractivity contribution is -0.120. The zero-order valence-electron chi connectivity index (χ0n) is 12.3. The first-order valence-electron chi connectivity index (χ1n) is 6.63. The van der Waals surface area contributed by atoms with Crippen molar-refractivity contribution in [2.45, 2.75) is 0 Å². The van der Waals surface area contributed by atoms with Crippen molar-refractivity contribution in [2.24, 2.45) is 5.16 Å². The van der Waals surface area contributed by atoms with Crippen LogP contribution in [0, 0.1) is 0 Å². The van der Waals surface area contributed by atoms with E-state index in [1.54, 1.807) is 18.2 Å². The Morgan fingerprint density at radius 2 is 2.13 bits per heavy atom. The fraction of sp³-hybridized carbons (Fsp3) is 0.125. The van der Waals surface area contributed by atoms with Gasteiger partial charge < -0.3 is 14.9 Å². The molecule has 0 aliphatic heterocycles. The van der Waals surface area contributed by atoms with Crippen molar-refractivity contribution in [1.29, 1.82) is 0 Å². The average Bonchev–Trinajstić information content (AvgIpc) is 2.53. The summed E-state index contributed by atoms with van der Waals surface area (Å²) in [6.45, 7) is -0.226. The molecule has 0 radical (unpaired) electrons. The van der Waals surface area contributed by atoms with E-state index in [-0.39, 0.29) is 12.5 Å². The van der Waals surface area contributed by atoms with Crippen LogP contribution in [0.5, 0.6) is 5.75 Å². The van der Waals surface area contributed by atoms with Crippen LogP contribution in [-0.2, 0) is 9.63 Å². The van der Waals surface area contributed by atoms with Crippen molar-refractivity contribution in [3.05, 3.63) is 57.5 Å². The molecule has 120 valence electrons. The van der Waals surface area contributed by atoms with E-state index in [4.69, 9.17) is 21.2 Å². The van der Waals surface area contributed by atoms with E-state index < -0.39 is 0 Å². The first-order chi connectivity index (χ1) is 11.1. The molecule has 0 aliphatic rings. The maximum atomic E-state index is 11.9. The third kappa shape index (κ3) is 5.26. The van der Waals surface area contributed by atoms with Crippen LogP contribution in [0.15, 0.2) is 52.1 Å². The molecule has 1 amide bonds. The minimum absolute atomic E-state index is 0.226. The molecule has 5 nitrogen and oxygen atoms in total. The number of rotatable bonds is 6. The maximum absolute atomic E-state index is 11.9. The van der Waals surface area contributed by atoms with E-state index in [0.29, 0.717) is 16.5 Å². The van der Waals surface area contributed by atoms with E-state index in [2.05, 4.69) is 26.4 Å². The molecule has 2 rings (SSSR count). The van der Waals surface area contributed by atoms with Crippen molar-refractivity contribution in [3.63, 3.8) is 0 Å². The molecule has 0 aliphatic carbocycles. The molecule has 0 spiro atoms. The minimum Gasteiger partial charge on any atom is -0.495 e. The van der Waals surface area contributed by atoms with Gasteiger partial charge in [-0.25, -0.2) is 0 Å². The summed E-state index contributed by atoms with van der Waals surface area (Å²) in [4.78, 5) is 16.8. The smallest absolute Gasteiger partial charge is 0.265 e. The number of carbonyl (C=O) groups excluding carboxylic acids is 1. The van der Waals surface area contributed by atoms with E-state index in [0.717, 1.165) is 10.0 Å². The van der Waals surface area contributed by atoms with Crippen LogP contribution < -0.4 is 10.1 Å². The van der Waals surface area contributed by atoms with Crippen LogP contribution in [0.3, 0.4) is 0 Å². The van der Waals surface area contributed by atoms with Gasteiger partial charge in [0.15, 0.2) is 6.61 Å². The Bertz CT molecular complexity index is 722. The van der Waals surface area contributed by atoms with Crippen LogP contribution in [0.4, 0.5) is 5.69 Å². The zero-order valence-corrected chi connectivity index (χ0v) is 14.6. The van der Waals surface area contributed by atoms with E-state index in [1.165, 1.54) is 13.3 Å². The Balaban J connectivity index is 1.88. The van der Waals surface area contributed by atoms with Gasteiger partial charge in [0.1, 0.15) is 5.75 Å². The molecule has 0 unspecified atom stereocenters. The first kappa shape index (κ1) is 17.3. The third-order valence-corrected chi connectivity index (χ3v) is 3.76. The SMILES string of the molecule is COc1ccc(Cl)cc1NC(=O)CO/N=C\c1ccccc1Br. The van der Waals surface area contributed by atoms with E-state index >= 15 is 0 Å². The zero-order chi connectivity index (χ0) is 16.7. The predicted octanol–water partition coefficient (Wildman–Crippen LogP) is 4.10. The Labute approximate surface area is 147 Å². The maximum Gasteiger partial charge on any atom is 0.265 e. The van der Waals surface area contributed by atoms with Crippen LogP contribution >= 0.6 is 27.5 Å². The molecular formula is C16H14BrClN2O3. The second kappa shape index (κ2) is 8.55. The molecular weight excluding hydrogens is 384 g/mol. The topological polar surface area (TPSA) is 59.9 Å². The highest BCUT2D eigenvalue weighted by Crippen LogP contribution is 2.27. The average molecular weight is 398 g/mol. The number of halogens is 2. The number of hydrogen-bond donors (Lipinski definition) is 1.